The summed E-state index contributed by atoms with van der Waals surface area (Å²) in [6, 6.07) is 16.1. The predicted octanol–water partition coefficient (Wildman–Crippen LogP) is 3.73. The van der Waals surface area contributed by atoms with Crippen LogP contribution < -0.4 is 11.1 Å². The van der Waals surface area contributed by atoms with Gasteiger partial charge in [-0.25, -0.2) is 9.97 Å². The largest absolute Gasteiger partial charge is 0.382 e. The highest BCUT2D eigenvalue weighted by Crippen LogP contribution is 2.33. The van der Waals surface area contributed by atoms with Gasteiger partial charge in [-0.3, -0.25) is 4.98 Å². The lowest BCUT2D eigenvalue weighted by Crippen LogP contribution is -2.12. The summed E-state index contributed by atoms with van der Waals surface area (Å²) in [7, 11) is 0. The Hall–Kier alpha value is -3.92. The van der Waals surface area contributed by atoms with Crippen molar-refractivity contribution in [3.63, 3.8) is 0 Å². The molecule has 0 saturated carbocycles. The van der Waals surface area contributed by atoms with E-state index in [1.54, 1.807) is 6.20 Å². The lowest BCUT2D eigenvalue weighted by atomic mass is 10.1. The Kier molecular flexibility index (Phi) is 4.38. The first-order valence-electron chi connectivity index (χ1n) is 8.89. The first-order chi connectivity index (χ1) is 13.6. The Morgan fingerprint density at radius 3 is 2.75 bits per heavy atom. The van der Waals surface area contributed by atoms with E-state index in [0.29, 0.717) is 5.82 Å². The van der Waals surface area contributed by atoms with E-state index >= 15 is 0 Å². The number of pyridine rings is 2. The minimum atomic E-state index is -0.141. The lowest BCUT2D eigenvalue weighted by Gasteiger charge is -2.17. The van der Waals surface area contributed by atoms with Crippen LogP contribution in [0, 0.1) is 18.3 Å². The van der Waals surface area contributed by atoms with Crippen LogP contribution in [0.15, 0.2) is 55.0 Å². The summed E-state index contributed by atoms with van der Waals surface area (Å²) < 4.78 is 2.19. The van der Waals surface area contributed by atoms with Crippen molar-refractivity contribution in [2.24, 2.45) is 0 Å². The topological polar surface area (TPSA) is 105 Å². The number of fused-ring (bicyclic) bond motifs is 1. The van der Waals surface area contributed by atoms with Crippen molar-refractivity contribution in [2.45, 2.75) is 19.9 Å². The van der Waals surface area contributed by atoms with Crippen molar-refractivity contribution in [1.29, 1.82) is 5.26 Å². The summed E-state index contributed by atoms with van der Waals surface area (Å²) in [6.07, 6.45) is 3.14. The van der Waals surface area contributed by atoms with Gasteiger partial charge in [0, 0.05) is 23.0 Å². The van der Waals surface area contributed by atoms with Crippen LogP contribution in [-0.2, 0) is 0 Å². The number of hydrogen-bond acceptors (Lipinski definition) is 6. The first kappa shape index (κ1) is 17.5. The number of nitriles is 1. The quantitative estimate of drug-likeness (QED) is 0.568. The van der Waals surface area contributed by atoms with Crippen LogP contribution in [0.1, 0.15) is 29.8 Å². The number of aromatic nitrogens is 4. The highest BCUT2D eigenvalue weighted by atomic mass is 15.1. The standard InChI is InChI=1S/C21H19N7/c1-13-6-5-7-15-10-16(19(28(13)15)18-8-3-4-9-24-18)14(2)27-21-17(11-22)20(23)25-12-26-21/h3-10,12,14H,1-2H3,(H3,23,25,26,27). The minimum absolute atomic E-state index is 0.141. The molecule has 0 bridgehead atoms. The van der Waals surface area contributed by atoms with Crippen LogP contribution in [0.5, 0.6) is 0 Å². The molecule has 0 amide bonds. The normalized spacial score (nSPS) is 11.9. The molecule has 0 aliphatic heterocycles. The molecule has 7 nitrogen and oxygen atoms in total. The zero-order valence-corrected chi connectivity index (χ0v) is 15.6. The molecule has 0 aliphatic rings. The second-order valence-electron chi connectivity index (χ2n) is 6.55. The fraction of sp³-hybridized carbons (Fsp3) is 0.143. The van der Waals surface area contributed by atoms with E-state index in [0.717, 1.165) is 28.2 Å². The SMILES string of the molecule is Cc1cccc2cc(C(C)Nc3ncnc(N)c3C#N)c(-c3ccccn3)n12. The smallest absolute Gasteiger partial charge is 0.150 e. The summed E-state index contributed by atoms with van der Waals surface area (Å²) in [4.78, 5) is 12.7. The molecular weight excluding hydrogens is 350 g/mol. The van der Waals surface area contributed by atoms with Crippen molar-refractivity contribution in [1.82, 2.24) is 19.4 Å². The van der Waals surface area contributed by atoms with Gasteiger partial charge in [0.05, 0.1) is 17.4 Å². The Labute approximate surface area is 162 Å². The van der Waals surface area contributed by atoms with E-state index in [1.807, 2.05) is 31.2 Å². The number of anilines is 2. The molecule has 0 fully saturated rings. The lowest BCUT2D eigenvalue weighted by molar-refractivity contribution is 0.870. The Morgan fingerprint density at radius 1 is 1.14 bits per heavy atom. The van der Waals surface area contributed by atoms with Gasteiger partial charge < -0.3 is 15.5 Å². The Balaban J connectivity index is 1.86. The molecule has 0 aliphatic carbocycles. The third kappa shape index (κ3) is 2.91. The van der Waals surface area contributed by atoms with Gasteiger partial charge in [0.15, 0.2) is 0 Å². The summed E-state index contributed by atoms with van der Waals surface area (Å²) in [6.45, 7) is 4.09. The Bertz CT molecular complexity index is 1190. The molecule has 0 saturated heterocycles. The van der Waals surface area contributed by atoms with Gasteiger partial charge >= 0.3 is 0 Å². The van der Waals surface area contributed by atoms with Crippen molar-refractivity contribution >= 4 is 17.2 Å². The van der Waals surface area contributed by atoms with Crippen LogP contribution >= 0.6 is 0 Å². The van der Waals surface area contributed by atoms with Crippen molar-refractivity contribution in [3.05, 3.63) is 71.8 Å². The number of nitrogens with two attached hydrogens (primary N) is 1. The van der Waals surface area contributed by atoms with E-state index in [4.69, 9.17) is 5.73 Å². The maximum Gasteiger partial charge on any atom is 0.150 e. The number of nitrogen functional groups attached to an aromatic ring is 1. The third-order valence-corrected chi connectivity index (χ3v) is 4.73. The van der Waals surface area contributed by atoms with Gasteiger partial charge in [0.2, 0.25) is 0 Å². The maximum atomic E-state index is 9.40. The third-order valence-electron chi connectivity index (χ3n) is 4.73. The van der Waals surface area contributed by atoms with Crippen LogP contribution in [0.4, 0.5) is 11.6 Å². The van der Waals surface area contributed by atoms with Gasteiger partial charge in [0.1, 0.15) is 29.6 Å². The van der Waals surface area contributed by atoms with E-state index in [9.17, 15) is 5.26 Å². The fourth-order valence-corrected chi connectivity index (χ4v) is 3.41. The maximum absolute atomic E-state index is 9.40. The van der Waals surface area contributed by atoms with Crippen LogP contribution in [-0.4, -0.2) is 19.4 Å². The molecule has 4 rings (SSSR count). The molecule has 138 valence electrons. The molecule has 28 heavy (non-hydrogen) atoms. The predicted molar refractivity (Wildman–Crippen MR) is 109 cm³/mol. The first-order valence-corrected chi connectivity index (χ1v) is 8.89. The highest BCUT2D eigenvalue weighted by molar-refractivity contribution is 5.72. The molecule has 3 N–H and O–H groups in total. The second-order valence-corrected chi connectivity index (χ2v) is 6.55. The molecule has 4 aromatic heterocycles. The van der Waals surface area contributed by atoms with E-state index < -0.39 is 0 Å². The minimum Gasteiger partial charge on any atom is -0.382 e. The number of hydrogen-bond donors (Lipinski definition) is 2. The summed E-state index contributed by atoms with van der Waals surface area (Å²) in [5.74, 6) is 0.580. The van der Waals surface area contributed by atoms with Crippen molar-refractivity contribution in [3.8, 4) is 17.5 Å². The monoisotopic (exact) mass is 369 g/mol. The van der Waals surface area contributed by atoms with Crippen LogP contribution in [0.25, 0.3) is 16.9 Å². The summed E-state index contributed by atoms with van der Waals surface area (Å²) in [5, 5.41) is 12.7. The van der Waals surface area contributed by atoms with Crippen LogP contribution in [0.3, 0.4) is 0 Å². The van der Waals surface area contributed by atoms with Gasteiger partial charge in [-0.2, -0.15) is 5.26 Å². The van der Waals surface area contributed by atoms with Gasteiger partial charge in [-0.15, -0.1) is 0 Å². The number of nitrogens with zero attached hydrogens (tertiary/aromatic N) is 5. The second kappa shape index (κ2) is 7.00. The molecule has 0 spiro atoms. The molecule has 4 heterocycles. The molecule has 7 heteroatoms. The highest BCUT2D eigenvalue weighted by Gasteiger charge is 2.21. The Morgan fingerprint density at radius 2 is 2.00 bits per heavy atom. The molecular formula is C21H19N7. The molecule has 0 radical (unpaired) electrons. The van der Waals surface area contributed by atoms with Crippen molar-refractivity contribution in [2.75, 3.05) is 11.1 Å². The average Bonchev–Trinajstić information content (AvgIpc) is 3.10. The van der Waals surface area contributed by atoms with Crippen molar-refractivity contribution < 1.29 is 0 Å². The summed E-state index contributed by atoms with van der Waals surface area (Å²) >= 11 is 0. The van der Waals surface area contributed by atoms with Gasteiger partial charge in [-0.05, 0) is 44.2 Å². The van der Waals surface area contributed by atoms with E-state index in [1.165, 1.54) is 6.33 Å². The van der Waals surface area contributed by atoms with Gasteiger partial charge in [0.25, 0.3) is 0 Å². The zero-order valence-electron chi connectivity index (χ0n) is 15.6. The number of aryl methyl sites for hydroxylation is 1. The molecule has 0 aromatic carbocycles. The molecule has 4 aromatic rings. The van der Waals surface area contributed by atoms with E-state index in [2.05, 4.69) is 55.9 Å². The van der Waals surface area contributed by atoms with E-state index in [-0.39, 0.29) is 17.4 Å². The summed E-state index contributed by atoms with van der Waals surface area (Å²) in [5.41, 5.74) is 11.2. The fourth-order valence-electron chi connectivity index (χ4n) is 3.41. The number of rotatable bonds is 4. The molecule has 1 atom stereocenters. The number of nitrogens with one attached hydrogen (secondary N) is 1. The van der Waals surface area contributed by atoms with Crippen LogP contribution in [0.2, 0.25) is 0 Å². The molecule has 1 unspecified atom stereocenters. The van der Waals surface area contributed by atoms with Gasteiger partial charge in [-0.1, -0.05) is 12.1 Å². The average molecular weight is 369 g/mol. The zero-order chi connectivity index (χ0) is 19.7.